The molecule has 0 aromatic rings. The van der Waals surface area contributed by atoms with Crippen molar-refractivity contribution in [1.82, 2.24) is 0 Å². The fourth-order valence-electron chi connectivity index (χ4n) is 0.874. The van der Waals surface area contributed by atoms with E-state index in [2.05, 4.69) is 12.8 Å². The summed E-state index contributed by atoms with van der Waals surface area (Å²) in [6.45, 7) is 3.73. The average molecular weight is 110 g/mol. The zero-order chi connectivity index (χ0) is 5.98. The first-order chi connectivity index (χ1) is 3.84. The zero-order valence-electron chi connectivity index (χ0n) is 5.05. The van der Waals surface area contributed by atoms with E-state index in [1.807, 2.05) is 0 Å². The van der Waals surface area contributed by atoms with Crippen molar-refractivity contribution in [3.63, 3.8) is 0 Å². The van der Waals surface area contributed by atoms with Crippen molar-refractivity contribution >= 4 is 0 Å². The van der Waals surface area contributed by atoms with Gasteiger partial charge in [0, 0.05) is 5.92 Å². The summed E-state index contributed by atoms with van der Waals surface area (Å²) in [5.41, 5.74) is 0. The molecule has 1 heterocycles. The molecule has 1 heteroatoms. The Morgan fingerprint density at radius 3 is 2.62 bits per heavy atom. The van der Waals surface area contributed by atoms with E-state index in [1.54, 1.807) is 0 Å². The fourth-order valence-corrected chi connectivity index (χ4v) is 0.874. The fraction of sp³-hybridized carbons (Fsp3) is 0.714. The topological polar surface area (TPSA) is 9.23 Å². The highest BCUT2D eigenvalue weighted by atomic mass is 16.5. The van der Waals surface area contributed by atoms with Crippen molar-refractivity contribution in [2.24, 2.45) is 11.8 Å². The van der Waals surface area contributed by atoms with Gasteiger partial charge in [-0.3, -0.25) is 0 Å². The standard InChI is InChI=1S/C7H10O/c1-3-7-5-8-4-6(7)2/h1,6-7H,4-5H2,2H3. The highest BCUT2D eigenvalue weighted by Gasteiger charge is 2.21. The molecule has 0 aromatic carbocycles. The predicted molar refractivity (Wildman–Crippen MR) is 32.3 cm³/mol. The lowest BCUT2D eigenvalue weighted by Crippen LogP contribution is -2.04. The number of terminal acetylenes is 1. The van der Waals surface area contributed by atoms with E-state index in [9.17, 15) is 0 Å². The molecular formula is C7H10O. The first-order valence-corrected chi connectivity index (χ1v) is 2.88. The summed E-state index contributed by atoms with van der Waals surface area (Å²) < 4.78 is 5.12. The van der Waals surface area contributed by atoms with Gasteiger partial charge in [-0.15, -0.1) is 12.3 Å². The first-order valence-electron chi connectivity index (χ1n) is 2.88. The van der Waals surface area contributed by atoms with Crippen LogP contribution >= 0.6 is 0 Å². The Balaban J connectivity index is 2.45. The molecule has 1 nitrogen and oxygen atoms in total. The Morgan fingerprint density at radius 2 is 2.38 bits per heavy atom. The molecule has 1 saturated heterocycles. The van der Waals surface area contributed by atoms with E-state index < -0.39 is 0 Å². The molecule has 0 N–H and O–H groups in total. The van der Waals surface area contributed by atoms with Gasteiger partial charge in [0.15, 0.2) is 0 Å². The Bertz CT molecular complexity index is 112. The van der Waals surface area contributed by atoms with Crippen LogP contribution in [0.4, 0.5) is 0 Å². The Labute approximate surface area is 50.0 Å². The van der Waals surface area contributed by atoms with Crippen LogP contribution in [0.3, 0.4) is 0 Å². The molecule has 0 aliphatic carbocycles. The maximum absolute atomic E-state index is 5.19. The van der Waals surface area contributed by atoms with Crippen LogP contribution in [0, 0.1) is 24.2 Å². The zero-order valence-corrected chi connectivity index (χ0v) is 5.05. The van der Waals surface area contributed by atoms with Crippen molar-refractivity contribution in [1.29, 1.82) is 0 Å². The number of rotatable bonds is 0. The SMILES string of the molecule is C#CC1COCC1C. The second kappa shape index (κ2) is 2.19. The van der Waals surface area contributed by atoms with Crippen molar-refractivity contribution in [3.8, 4) is 12.3 Å². The smallest absolute Gasteiger partial charge is 0.0607 e. The van der Waals surface area contributed by atoms with Crippen molar-refractivity contribution in [2.45, 2.75) is 6.92 Å². The molecule has 2 atom stereocenters. The summed E-state index contributed by atoms with van der Waals surface area (Å²) >= 11 is 0. The minimum Gasteiger partial charge on any atom is -0.380 e. The molecule has 2 unspecified atom stereocenters. The normalized spacial score (nSPS) is 37.0. The van der Waals surface area contributed by atoms with Crippen LogP contribution in [-0.4, -0.2) is 13.2 Å². The van der Waals surface area contributed by atoms with Crippen LogP contribution in [0.25, 0.3) is 0 Å². The number of hydrogen-bond acceptors (Lipinski definition) is 1. The molecule has 0 radical (unpaired) electrons. The third-order valence-electron chi connectivity index (χ3n) is 1.58. The summed E-state index contributed by atoms with van der Waals surface area (Å²) in [4.78, 5) is 0. The van der Waals surface area contributed by atoms with Crippen LogP contribution < -0.4 is 0 Å². The van der Waals surface area contributed by atoms with Crippen LogP contribution in [0.1, 0.15) is 6.92 Å². The summed E-state index contributed by atoms with van der Waals surface area (Å²) in [6.07, 6.45) is 5.19. The van der Waals surface area contributed by atoms with E-state index in [-0.39, 0.29) is 0 Å². The lowest BCUT2D eigenvalue weighted by molar-refractivity contribution is 0.185. The Hall–Kier alpha value is -0.480. The monoisotopic (exact) mass is 110 g/mol. The largest absolute Gasteiger partial charge is 0.380 e. The second-order valence-electron chi connectivity index (χ2n) is 2.29. The van der Waals surface area contributed by atoms with Gasteiger partial charge in [0.1, 0.15) is 0 Å². The highest BCUT2D eigenvalue weighted by molar-refractivity contribution is 4.97. The van der Waals surface area contributed by atoms with Crippen LogP contribution in [0.15, 0.2) is 0 Å². The number of hydrogen-bond donors (Lipinski definition) is 0. The lowest BCUT2D eigenvalue weighted by Gasteiger charge is -2.01. The molecule has 8 heavy (non-hydrogen) atoms. The van der Waals surface area contributed by atoms with Crippen molar-refractivity contribution < 1.29 is 4.74 Å². The average Bonchev–Trinajstić information content (AvgIpc) is 2.14. The van der Waals surface area contributed by atoms with Gasteiger partial charge in [0.25, 0.3) is 0 Å². The molecule has 1 aliphatic heterocycles. The van der Waals surface area contributed by atoms with E-state index in [4.69, 9.17) is 11.2 Å². The van der Waals surface area contributed by atoms with Crippen LogP contribution in [0.2, 0.25) is 0 Å². The number of ether oxygens (including phenoxy) is 1. The van der Waals surface area contributed by atoms with Crippen molar-refractivity contribution in [2.75, 3.05) is 13.2 Å². The Kier molecular flexibility index (Phi) is 1.55. The second-order valence-corrected chi connectivity index (χ2v) is 2.29. The van der Waals surface area contributed by atoms with E-state index in [0.29, 0.717) is 11.8 Å². The van der Waals surface area contributed by atoms with E-state index in [1.165, 1.54) is 0 Å². The summed E-state index contributed by atoms with van der Waals surface area (Å²) in [5.74, 6) is 3.63. The van der Waals surface area contributed by atoms with Crippen molar-refractivity contribution in [3.05, 3.63) is 0 Å². The van der Waals surface area contributed by atoms with Gasteiger partial charge in [0.05, 0.1) is 13.2 Å². The van der Waals surface area contributed by atoms with Gasteiger partial charge in [-0.25, -0.2) is 0 Å². The summed E-state index contributed by atoms with van der Waals surface area (Å²) in [6, 6.07) is 0. The quantitative estimate of drug-likeness (QED) is 0.421. The van der Waals surface area contributed by atoms with Gasteiger partial charge in [-0.1, -0.05) is 6.92 Å². The summed E-state index contributed by atoms with van der Waals surface area (Å²) in [7, 11) is 0. The molecule has 1 rings (SSSR count). The lowest BCUT2D eigenvalue weighted by atomic mass is 10.00. The summed E-state index contributed by atoms with van der Waals surface area (Å²) in [5, 5.41) is 0. The van der Waals surface area contributed by atoms with Gasteiger partial charge in [-0.2, -0.15) is 0 Å². The molecule has 0 amide bonds. The molecular weight excluding hydrogens is 100 g/mol. The van der Waals surface area contributed by atoms with Gasteiger partial charge < -0.3 is 4.74 Å². The molecule has 0 aromatic heterocycles. The molecule has 0 spiro atoms. The van der Waals surface area contributed by atoms with Gasteiger partial charge >= 0.3 is 0 Å². The van der Waals surface area contributed by atoms with E-state index >= 15 is 0 Å². The van der Waals surface area contributed by atoms with E-state index in [0.717, 1.165) is 13.2 Å². The molecule has 1 fully saturated rings. The third-order valence-corrected chi connectivity index (χ3v) is 1.58. The molecule has 0 bridgehead atoms. The maximum atomic E-state index is 5.19. The predicted octanol–water partition coefficient (Wildman–Crippen LogP) is 0.902. The highest BCUT2D eigenvalue weighted by Crippen LogP contribution is 2.17. The molecule has 44 valence electrons. The Morgan fingerprint density at radius 1 is 1.62 bits per heavy atom. The maximum Gasteiger partial charge on any atom is 0.0607 e. The van der Waals surface area contributed by atoms with Gasteiger partial charge in [0.2, 0.25) is 0 Å². The minimum atomic E-state index is 0.370. The molecule has 0 saturated carbocycles. The third kappa shape index (κ3) is 0.850. The van der Waals surface area contributed by atoms with Crippen LogP contribution in [-0.2, 0) is 4.74 Å². The minimum absolute atomic E-state index is 0.370. The van der Waals surface area contributed by atoms with Gasteiger partial charge in [-0.05, 0) is 5.92 Å². The van der Waals surface area contributed by atoms with Crippen LogP contribution in [0.5, 0.6) is 0 Å². The first kappa shape index (κ1) is 5.65. The molecule has 1 aliphatic rings.